The molecule has 0 unspecified atom stereocenters. The Hall–Kier alpha value is -2.31. The molecule has 5 nitrogen and oxygen atoms in total. The van der Waals surface area contributed by atoms with E-state index in [-0.39, 0.29) is 10.7 Å². The third-order valence-electron chi connectivity index (χ3n) is 2.69. The van der Waals surface area contributed by atoms with Crippen molar-refractivity contribution in [2.75, 3.05) is 10.6 Å². The maximum atomic E-state index is 11.4. The van der Waals surface area contributed by atoms with Crippen LogP contribution in [0.4, 0.5) is 17.1 Å². The zero-order valence-electron chi connectivity index (χ0n) is 10.8. The summed E-state index contributed by atoms with van der Waals surface area (Å²) in [5.74, 6) is -1.07. The van der Waals surface area contributed by atoms with Crippen molar-refractivity contribution in [3.8, 4) is 0 Å². The highest BCUT2D eigenvalue weighted by molar-refractivity contribution is 7.80. The fourth-order valence-electron chi connectivity index (χ4n) is 1.80. The lowest BCUT2D eigenvalue weighted by atomic mass is 10.1. The molecule has 0 amide bonds. The highest BCUT2D eigenvalue weighted by Gasteiger charge is 2.15. The highest BCUT2D eigenvalue weighted by atomic mass is 35.5. The molecule has 2 aromatic rings. The number of nitrogens with one attached hydrogen (secondary N) is 2. The number of halogens is 1. The number of nitrogens with two attached hydrogens (primary N) is 1. The molecule has 0 saturated carbocycles. The molecule has 2 rings (SSSR count). The van der Waals surface area contributed by atoms with E-state index < -0.39 is 5.97 Å². The van der Waals surface area contributed by atoms with E-state index in [1.54, 1.807) is 36.4 Å². The minimum atomic E-state index is -1.07. The maximum absolute atomic E-state index is 11.4. The van der Waals surface area contributed by atoms with Gasteiger partial charge < -0.3 is 21.5 Å². The molecule has 0 aliphatic rings. The molecule has 0 heterocycles. The van der Waals surface area contributed by atoms with Gasteiger partial charge in [0.1, 0.15) is 0 Å². The molecule has 0 radical (unpaired) electrons. The summed E-state index contributed by atoms with van der Waals surface area (Å²) in [5, 5.41) is 15.6. The van der Waals surface area contributed by atoms with Crippen molar-refractivity contribution in [1.29, 1.82) is 0 Å². The Balaban J connectivity index is 2.51. The predicted octanol–water partition coefficient (Wildman–Crippen LogP) is 3.44. The third-order valence-corrected chi connectivity index (χ3v) is 3.12. The van der Waals surface area contributed by atoms with Crippen molar-refractivity contribution < 1.29 is 9.90 Å². The Morgan fingerprint density at radius 2 is 1.81 bits per heavy atom. The quantitative estimate of drug-likeness (QED) is 0.645. The molecule has 21 heavy (non-hydrogen) atoms. The van der Waals surface area contributed by atoms with E-state index in [2.05, 4.69) is 10.6 Å². The summed E-state index contributed by atoms with van der Waals surface area (Å²) < 4.78 is 0. The fraction of sp³-hybridized carbons (Fsp3) is 0. The van der Waals surface area contributed by atoms with Crippen LogP contribution in [0.25, 0.3) is 0 Å². The Morgan fingerprint density at radius 3 is 2.43 bits per heavy atom. The van der Waals surface area contributed by atoms with Gasteiger partial charge in [-0.1, -0.05) is 29.8 Å². The summed E-state index contributed by atoms with van der Waals surface area (Å²) in [4.78, 5) is 11.4. The number of hydrogen-bond donors (Lipinski definition) is 4. The summed E-state index contributed by atoms with van der Waals surface area (Å²) in [5.41, 5.74) is 6.92. The van der Waals surface area contributed by atoms with Gasteiger partial charge in [-0.15, -0.1) is 0 Å². The first kappa shape index (κ1) is 15.1. The molecule has 0 aliphatic heterocycles. The summed E-state index contributed by atoms with van der Waals surface area (Å²) in [6.07, 6.45) is 0. The van der Waals surface area contributed by atoms with E-state index in [9.17, 15) is 9.90 Å². The normalized spacial score (nSPS) is 9.95. The van der Waals surface area contributed by atoms with Crippen LogP contribution in [0.1, 0.15) is 10.4 Å². The Labute approximate surface area is 131 Å². The molecule has 0 atom stereocenters. The zero-order valence-corrected chi connectivity index (χ0v) is 12.3. The second-order valence-electron chi connectivity index (χ2n) is 4.13. The molecule has 108 valence electrons. The van der Waals surface area contributed by atoms with E-state index in [1.165, 1.54) is 6.07 Å². The van der Waals surface area contributed by atoms with Crippen LogP contribution in [0.3, 0.4) is 0 Å². The van der Waals surface area contributed by atoms with Crippen LogP contribution in [-0.2, 0) is 0 Å². The number of aromatic carboxylic acids is 1. The lowest BCUT2D eigenvalue weighted by Gasteiger charge is -2.16. The van der Waals surface area contributed by atoms with Gasteiger partial charge in [-0.2, -0.15) is 0 Å². The lowest BCUT2D eigenvalue weighted by molar-refractivity contribution is 0.0698. The van der Waals surface area contributed by atoms with Crippen molar-refractivity contribution in [1.82, 2.24) is 0 Å². The number of rotatable bonds is 4. The van der Waals surface area contributed by atoms with Crippen LogP contribution in [0.5, 0.6) is 0 Å². The fourth-order valence-corrected chi connectivity index (χ4v) is 2.09. The van der Waals surface area contributed by atoms with Gasteiger partial charge in [-0.25, -0.2) is 4.79 Å². The largest absolute Gasteiger partial charge is 0.478 e. The van der Waals surface area contributed by atoms with E-state index in [4.69, 9.17) is 29.6 Å². The summed E-state index contributed by atoms with van der Waals surface area (Å²) in [6.45, 7) is 0. The van der Waals surface area contributed by atoms with Crippen molar-refractivity contribution in [3.05, 3.63) is 53.1 Å². The highest BCUT2D eigenvalue weighted by Crippen LogP contribution is 2.32. The third kappa shape index (κ3) is 3.62. The standard InChI is InChI=1S/C14H12ClN3O2S/c15-9-5-1-2-6-10(9)17-12-8(13(19)20)4-3-7-11(12)18-14(16)21/h1-7,17H,(H,19,20)(H3,16,18,21). The van der Waals surface area contributed by atoms with Gasteiger partial charge >= 0.3 is 5.97 Å². The number of para-hydroxylation sites is 2. The van der Waals surface area contributed by atoms with Crippen LogP contribution < -0.4 is 16.4 Å². The predicted molar refractivity (Wildman–Crippen MR) is 88.5 cm³/mol. The number of thiocarbonyl (C=S) groups is 1. The van der Waals surface area contributed by atoms with E-state index in [0.717, 1.165) is 0 Å². The van der Waals surface area contributed by atoms with Gasteiger partial charge in [0.2, 0.25) is 0 Å². The van der Waals surface area contributed by atoms with E-state index in [1.807, 2.05) is 0 Å². The molecule has 0 aromatic heterocycles. The number of carbonyl (C=O) groups is 1. The second kappa shape index (κ2) is 6.43. The first-order chi connectivity index (χ1) is 9.99. The Bertz CT molecular complexity index is 706. The molecule has 7 heteroatoms. The molecule has 0 bridgehead atoms. The first-order valence-corrected chi connectivity index (χ1v) is 6.72. The van der Waals surface area contributed by atoms with Crippen molar-refractivity contribution in [2.45, 2.75) is 0 Å². The van der Waals surface area contributed by atoms with Crippen molar-refractivity contribution in [2.24, 2.45) is 5.73 Å². The number of hydrogen-bond acceptors (Lipinski definition) is 3. The monoisotopic (exact) mass is 321 g/mol. The van der Waals surface area contributed by atoms with Gasteiger partial charge in [0.05, 0.1) is 27.6 Å². The number of benzene rings is 2. The minimum absolute atomic E-state index is 0.0414. The number of carboxylic acids is 1. The summed E-state index contributed by atoms with van der Waals surface area (Å²) in [7, 11) is 0. The SMILES string of the molecule is NC(=S)Nc1cccc(C(=O)O)c1Nc1ccccc1Cl. The van der Waals surface area contributed by atoms with Crippen LogP contribution >= 0.6 is 23.8 Å². The molecule has 0 fully saturated rings. The average Bonchev–Trinajstić information content (AvgIpc) is 2.42. The maximum Gasteiger partial charge on any atom is 0.337 e. The topological polar surface area (TPSA) is 87.4 Å². The number of carboxylic acid groups (broad SMARTS) is 1. The lowest BCUT2D eigenvalue weighted by Crippen LogP contribution is -2.20. The molecular weight excluding hydrogens is 310 g/mol. The molecular formula is C14H12ClN3O2S. The van der Waals surface area contributed by atoms with Crippen LogP contribution in [0, 0.1) is 0 Å². The molecule has 2 aromatic carbocycles. The van der Waals surface area contributed by atoms with Crippen LogP contribution in [0.15, 0.2) is 42.5 Å². The van der Waals surface area contributed by atoms with Crippen molar-refractivity contribution >= 4 is 52.0 Å². The van der Waals surface area contributed by atoms with Gasteiger partial charge in [0.15, 0.2) is 5.11 Å². The zero-order chi connectivity index (χ0) is 15.4. The van der Waals surface area contributed by atoms with Gasteiger partial charge in [-0.3, -0.25) is 0 Å². The second-order valence-corrected chi connectivity index (χ2v) is 4.97. The van der Waals surface area contributed by atoms with Gasteiger partial charge in [-0.05, 0) is 36.5 Å². The molecule has 5 N–H and O–H groups in total. The molecule has 0 saturated heterocycles. The summed E-state index contributed by atoms with van der Waals surface area (Å²) in [6, 6.07) is 11.8. The summed E-state index contributed by atoms with van der Waals surface area (Å²) >= 11 is 10.9. The van der Waals surface area contributed by atoms with E-state index in [0.29, 0.717) is 22.1 Å². The van der Waals surface area contributed by atoms with Crippen molar-refractivity contribution in [3.63, 3.8) is 0 Å². The van der Waals surface area contributed by atoms with Gasteiger partial charge in [0, 0.05) is 0 Å². The van der Waals surface area contributed by atoms with Gasteiger partial charge in [0.25, 0.3) is 0 Å². The van der Waals surface area contributed by atoms with Crippen LogP contribution in [-0.4, -0.2) is 16.2 Å². The smallest absolute Gasteiger partial charge is 0.337 e. The van der Waals surface area contributed by atoms with Crippen LogP contribution in [0.2, 0.25) is 5.02 Å². The average molecular weight is 322 g/mol. The first-order valence-electron chi connectivity index (χ1n) is 5.93. The molecule has 0 spiro atoms. The molecule has 0 aliphatic carbocycles. The Kier molecular flexibility index (Phi) is 4.62. The minimum Gasteiger partial charge on any atom is -0.478 e. The Morgan fingerprint density at radius 1 is 1.14 bits per heavy atom. The van der Waals surface area contributed by atoms with E-state index >= 15 is 0 Å². The number of anilines is 3.